The first-order chi connectivity index (χ1) is 6.60. The van der Waals surface area contributed by atoms with Gasteiger partial charge in [0.15, 0.2) is 0 Å². The third kappa shape index (κ3) is 1.84. The maximum Gasteiger partial charge on any atom is 0.341 e. The smallest absolute Gasteiger partial charge is 0.341 e. The van der Waals surface area contributed by atoms with Gasteiger partial charge < -0.3 is 9.84 Å². The Balaban J connectivity index is 3.31. The lowest BCUT2D eigenvalue weighted by atomic mass is 10.1. The molecule has 1 heterocycles. The van der Waals surface area contributed by atoms with E-state index in [0.29, 0.717) is 0 Å². The van der Waals surface area contributed by atoms with E-state index in [1.165, 1.54) is 7.11 Å². The van der Waals surface area contributed by atoms with Crippen molar-refractivity contribution in [3.63, 3.8) is 0 Å². The minimum Gasteiger partial charge on any atom is -0.480 e. The number of carboxylic acids is 1. The van der Waals surface area contributed by atoms with Crippen molar-refractivity contribution >= 4 is 5.97 Å². The highest BCUT2D eigenvalue weighted by Crippen LogP contribution is 2.19. The van der Waals surface area contributed by atoms with Crippen LogP contribution in [0.25, 0.3) is 0 Å². The molecule has 1 aromatic rings. The van der Waals surface area contributed by atoms with Gasteiger partial charge in [0.25, 0.3) is 0 Å². The number of methoxy groups -OCH3 is 1. The number of carbonyl (C=O) groups is 1. The lowest BCUT2D eigenvalue weighted by Crippen LogP contribution is -2.05. The van der Waals surface area contributed by atoms with Gasteiger partial charge in [0.2, 0.25) is 5.88 Å². The summed E-state index contributed by atoms with van der Waals surface area (Å²) >= 11 is 0. The molecule has 4 heteroatoms. The number of aryl methyl sites for hydroxylation is 2. The molecule has 0 radical (unpaired) electrons. The summed E-state index contributed by atoms with van der Waals surface area (Å²) in [5, 5.41) is 8.86. The molecule has 0 saturated carbocycles. The zero-order valence-electron chi connectivity index (χ0n) is 8.50. The van der Waals surface area contributed by atoms with Crippen LogP contribution in [-0.2, 0) is 6.42 Å². The predicted octanol–water partition coefficient (Wildman–Crippen LogP) is 1.66. The number of hydrogen-bond acceptors (Lipinski definition) is 3. The lowest BCUT2D eigenvalue weighted by molar-refractivity contribution is 0.0692. The Morgan fingerprint density at radius 1 is 1.64 bits per heavy atom. The zero-order valence-corrected chi connectivity index (χ0v) is 8.50. The molecule has 0 aliphatic heterocycles. The minimum atomic E-state index is -1.01. The van der Waals surface area contributed by atoms with Gasteiger partial charge in [-0.3, -0.25) is 0 Å². The number of rotatable bonds is 3. The molecule has 0 aliphatic rings. The van der Waals surface area contributed by atoms with E-state index in [1.807, 2.05) is 13.8 Å². The SMILES string of the molecule is CCc1nc(OC)c(C(=O)O)cc1C. The van der Waals surface area contributed by atoms with Crippen LogP contribution in [0.1, 0.15) is 28.5 Å². The average molecular weight is 195 g/mol. The Labute approximate surface area is 82.5 Å². The van der Waals surface area contributed by atoms with E-state index in [9.17, 15) is 4.79 Å². The summed E-state index contributed by atoms with van der Waals surface area (Å²) in [5.74, 6) is -0.833. The molecule has 1 N–H and O–H groups in total. The molecule has 0 saturated heterocycles. The number of nitrogens with zero attached hydrogens (tertiary/aromatic N) is 1. The molecule has 1 aromatic heterocycles. The number of aromatic nitrogens is 1. The van der Waals surface area contributed by atoms with Crippen molar-refractivity contribution in [2.24, 2.45) is 0 Å². The van der Waals surface area contributed by atoms with Crippen LogP contribution < -0.4 is 4.74 Å². The largest absolute Gasteiger partial charge is 0.480 e. The molecule has 0 spiro atoms. The first-order valence-corrected chi connectivity index (χ1v) is 4.38. The van der Waals surface area contributed by atoms with Crippen molar-refractivity contribution in [1.29, 1.82) is 0 Å². The van der Waals surface area contributed by atoms with E-state index in [1.54, 1.807) is 6.07 Å². The summed E-state index contributed by atoms with van der Waals surface area (Å²) in [7, 11) is 1.42. The molecule has 14 heavy (non-hydrogen) atoms. The van der Waals surface area contributed by atoms with Gasteiger partial charge in [0.1, 0.15) is 5.56 Å². The quantitative estimate of drug-likeness (QED) is 0.796. The van der Waals surface area contributed by atoms with Crippen LogP contribution in [0, 0.1) is 6.92 Å². The van der Waals surface area contributed by atoms with Crippen LogP contribution in [0.15, 0.2) is 6.07 Å². The Bertz CT molecular complexity index is 361. The van der Waals surface area contributed by atoms with Crippen LogP contribution in [0.5, 0.6) is 5.88 Å². The molecule has 0 fully saturated rings. The number of pyridine rings is 1. The highest BCUT2D eigenvalue weighted by atomic mass is 16.5. The normalized spacial score (nSPS) is 9.93. The Morgan fingerprint density at radius 2 is 2.29 bits per heavy atom. The summed E-state index contributed by atoms with van der Waals surface area (Å²) in [6, 6.07) is 1.59. The fourth-order valence-electron chi connectivity index (χ4n) is 1.30. The Hall–Kier alpha value is -1.58. The Kier molecular flexibility index (Phi) is 3.06. The molecule has 1 rings (SSSR count). The fourth-order valence-corrected chi connectivity index (χ4v) is 1.30. The summed E-state index contributed by atoms with van der Waals surface area (Å²) in [6.07, 6.45) is 0.766. The summed E-state index contributed by atoms with van der Waals surface area (Å²) < 4.78 is 4.91. The number of aromatic carboxylic acids is 1. The van der Waals surface area contributed by atoms with E-state index in [4.69, 9.17) is 9.84 Å². The molecular weight excluding hydrogens is 182 g/mol. The Morgan fingerprint density at radius 3 is 2.71 bits per heavy atom. The van der Waals surface area contributed by atoms with Crippen LogP contribution in [0.4, 0.5) is 0 Å². The monoisotopic (exact) mass is 195 g/mol. The van der Waals surface area contributed by atoms with Crippen molar-refractivity contribution in [2.45, 2.75) is 20.3 Å². The van der Waals surface area contributed by atoms with Gasteiger partial charge in [-0.1, -0.05) is 6.92 Å². The fraction of sp³-hybridized carbons (Fsp3) is 0.400. The van der Waals surface area contributed by atoms with Crippen molar-refractivity contribution in [3.05, 3.63) is 22.9 Å². The van der Waals surface area contributed by atoms with E-state index in [2.05, 4.69) is 4.98 Å². The van der Waals surface area contributed by atoms with E-state index < -0.39 is 5.97 Å². The van der Waals surface area contributed by atoms with Crippen LogP contribution in [0.2, 0.25) is 0 Å². The van der Waals surface area contributed by atoms with Gasteiger partial charge in [0, 0.05) is 5.69 Å². The molecule has 0 unspecified atom stereocenters. The maximum atomic E-state index is 10.8. The first-order valence-electron chi connectivity index (χ1n) is 4.38. The van der Waals surface area contributed by atoms with Crippen LogP contribution >= 0.6 is 0 Å². The molecule has 0 aliphatic carbocycles. The summed E-state index contributed by atoms with van der Waals surface area (Å²) in [5.41, 5.74) is 1.86. The molecule has 0 amide bonds. The molecule has 0 atom stereocenters. The second-order valence-electron chi connectivity index (χ2n) is 2.97. The average Bonchev–Trinajstić information content (AvgIpc) is 2.17. The second kappa shape index (κ2) is 4.09. The van der Waals surface area contributed by atoms with E-state index in [0.717, 1.165) is 17.7 Å². The van der Waals surface area contributed by atoms with Crippen molar-refractivity contribution < 1.29 is 14.6 Å². The maximum absolute atomic E-state index is 10.8. The third-order valence-corrected chi connectivity index (χ3v) is 2.04. The van der Waals surface area contributed by atoms with Gasteiger partial charge in [-0.25, -0.2) is 9.78 Å². The highest BCUT2D eigenvalue weighted by Gasteiger charge is 2.14. The molecule has 76 valence electrons. The van der Waals surface area contributed by atoms with Gasteiger partial charge in [0.05, 0.1) is 7.11 Å². The van der Waals surface area contributed by atoms with Crippen molar-refractivity contribution in [3.8, 4) is 5.88 Å². The summed E-state index contributed by atoms with van der Waals surface area (Å²) in [6.45, 7) is 3.81. The first kappa shape index (κ1) is 10.5. The molecule has 0 aromatic carbocycles. The minimum absolute atomic E-state index is 0.113. The van der Waals surface area contributed by atoms with Crippen LogP contribution in [0.3, 0.4) is 0 Å². The van der Waals surface area contributed by atoms with Crippen molar-refractivity contribution in [2.75, 3.05) is 7.11 Å². The van der Waals surface area contributed by atoms with Gasteiger partial charge in [-0.2, -0.15) is 0 Å². The van der Waals surface area contributed by atoms with Gasteiger partial charge in [-0.15, -0.1) is 0 Å². The lowest BCUT2D eigenvalue weighted by Gasteiger charge is -2.08. The zero-order chi connectivity index (χ0) is 10.7. The third-order valence-electron chi connectivity index (χ3n) is 2.04. The van der Waals surface area contributed by atoms with Gasteiger partial charge >= 0.3 is 5.97 Å². The molecular formula is C10H13NO3. The number of hydrogen-bond donors (Lipinski definition) is 1. The summed E-state index contributed by atoms with van der Waals surface area (Å²) in [4.78, 5) is 14.9. The standard InChI is InChI=1S/C10H13NO3/c1-4-8-6(2)5-7(10(12)13)9(11-8)14-3/h5H,4H2,1-3H3,(H,12,13). The topological polar surface area (TPSA) is 59.4 Å². The number of carboxylic acid groups (broad SMARTS) is 1. The molecule has 4 nitrogen and oxygen atoms in total. The van der Waals surface area contributed by atoms with Crippen molar-refractivity contribution in [1.82, 2.24) is 4.98 Å². The highest BCUT2D eigenvalue weighted by molar-refractivity contribution is 5.90. The second-order valence-corrected chi connectivity index (χ2v) is 2.97. The van der Waals surface area contributed by atoms with Gasteiger partial charge in [-0.05, 0) is 25.0 Å². The van der Waals surface area contributed by atoms with Crippen LogP contribution in [-0.4, -0.2) is 23.2 Å². The van der Waals surface area contributed by atoms with E-state index in [-0.39, 0.29) is 11.4 Å². The number of ether oxygens (including phenoxy) is 1. The molecule has 0 bridgehead atoms. The predicted molar refractivity (Wildman–Crippen MR) is 51.9 cm³/mol. The van der Waals surface area contributed by atoms with E-state index >= 15 is 0 Å².